The predicted molar refractivity (Wildman–Crippen MR) is 90.4 cm³/mol. The van der Waals surface area contributed by atoms with E-state index in [9.17, 15) is 0 Å². The van der Waals surface area contributed by atoms with Crippen LogP contribution < -0.4 is 0 Å². The molecular weight excluding hydrogens is 254 g/mol. The Morgan fingerprint density at radius 1 is 0.778 bits per heavy atom. The van der Waals surface area contributed by atoms with E-state index in [-0.39, 0.29) is 10.3 Å². The molecule has 0 aromatic heterocycles. The van der Waals surface area contributed by atoms with Crippen LogP contribution in [0.25, 0.3) is 0 Å². The van der Waals surface area contributed by atoms with Gasteiger partial charge >= 0.3 is 0 Å². The standard InChI is InChI=1S/C16H28P2/c1-5-15(17,6-2)13-10-9-11-14(12-13)16(18,7-3)8-4/h9-12H,5-8,17-18H2,1-4H3. The topological polar surface area (TPSA) is 0 Å². The quantitative estimate of drug-likeness (QED) is 0.607. The van der Waals surface area contributed by atoms with Crippen molar-refractivity contribution in [1.82, 2.24) is 0 Å². The lowest BCUT2D eigenvalue weighted by Crippen LogP contribution is -2.19. The molecule has 0 amide bonds. The molecule has 2 heteroatoms. The van der Waals surface area contributed by atoms with Gasteiger partial charge in [-0.3, -0.25) is 0 Å². The molecule has 0 heterocycles. The van der Waals surface area contributed by atoms with Gasteiger partial charge in [0.15, 0.2) is 0 Å². The van der Waals surface area contributed by atoms with Crippen LogP contribution in [0.4, 0.5) is 0 Å². The number of hydrogen-bond acceptors (Lipinski definition) is 0. The molecule has 102 valence electrons. The monoisotopic (exact) mass is 282 g/mol. The van der Waals surface area contributed by atoms with Gasteiger partial charge < -0.3 is 0 Å². The molecule has 2 atom stereocenters. The zero-order valence-electron chi connectivity index (χ0n) is 12.3. The molecule has 1 aromatic rings. The fraction of sp³-hybridized carbons (Fsp3) is 0.625. The number of hydrogen-bond donors (Lipinski definition) is 0. The van der Waals surface area contributed by atoms with Gasteiger partial charge in [0.05, 0.1) is 0 Å². The molecule has 0 bridgehead atoms. The Morgan fingerprint density at radius 3 is 1.39 bits per heavy atom. The molecule has 0 aliphatic heterocycles. The van der Waals surface area contributed by atoms with E-state index in [0.29, 0.717) is 0 Å². The Kier molecular flexibility index (Phi) is 5.82. The lowest BCUT2D eigenvalue weighted by Gasteiger charge is -2.31. The van der Waals surface area contributed by atoms with Crippen LogP contribution in [0, 0.1) is 0 Å². The van der Waals surface area contributed by atoms with Crippen molar-refractivity contribution in [2.75, 3.05) is 0 Å². The number of benzene rings is 1. The molecule has 0 fully saturated rings. The van der Waals surface area contributed by atoms with Crippen LogP contribution in [-0.4, -0.2) is 0 Å². The Labute approximate surface area is 118 Å². The van der Waals surface area contributed by atoms with Crippen LogP contribution in [0.1, 0.15) is 64.5 Å². The SMILES string of the molecule is CCC(P)(CC)c1cccc(C(P)(CC)CC)c1. The Bertz CT molecular complexity index is 343. The predicted octanol–water partition coefficient (Wildman–Crippen LogP) is 5.47. The van der Waals surface area contributed by atoms with E-state index in [1.165, 1.54) is 36.8 Å². The van der Waals surface area contributed by atoms with Crippen molar-refractivity contribution < 1.29 is 0 Å². The first-order valence-electron chi connectivity index (χ1n) is 7.14. The molecule has 2 unspecified atom stereocenters. The third kappa shape index (κ3) is 3.15. The van der Waals surface area contributed by atoms with Crippen molar-refractivity contribution in [3.8, 4) is 0 Å². The molecule has 1 rings (SSSR count). The molecule has 0 radical (unpaired) electrons. The van der Waals surface area contributed by atoms with E-state index in [1.54, 1.807) is 0 Å². The summed E-state index contributed by atoms with van der Waals surface area (Å²) in [5, 5.41) is 0.478. The summed E-state index contributed by atoms with van der Waals surface area (Å²) in [4.78, 5) is 0. The first kappa shape index (κ1) is 16.1. The van der Waals surface area contributed by atoms with E-state index in [2.05, 4.69) is 70.4 Å². The van der Waals surface area contributed by atoms with Gasteiger partial charge in [0.2, 0.25) is 0 Å². The van der Waals surface area contributed by atoms with Gasteiger partial charge in [-0.15, -0.1) is 18.5 Å². The zero-order valence-corrected chi connectivity index (χ0v) is 14.6. The fourth-order valence-electron chi connectivity index (χ4n) is 2.46. The molecule has 0 aliphatic carbocycles. The van der Waals surface area contributed by atoms with Crippen LogP contribution in [-0.2, 0) is 10.3 Å². The van der Waals surface area contributed by atoms with Gasteiger partial charge in [0.1, 0.15) is 0 Å². The van der Waals surface area contributed by atoms with Crippen LogP contribution in [0.15, 0.2) is 24.3 Å². The average molecular weight is 282 g/mol. The van der Waals surface area contributed by atoms with E-state index in [1.807, 2.05) is 0 Å². The lowest BCUT2D eigenvalue weighted by atomic mass is 9.86. The lowest BCUT2D eigenvalue weighted by molar-refractivity contribution is 0.561. The molecule has 0 saturated carbocycles. The Morgan fingerprint density at radius 2 is 1.11 bits per heavy atom. The molecule has 0 N–H and O–H groups in total. The Balaban J connectivity index is 3.21. The summed E-state index contributed by atoms with van der Waals surface area (Å²) in [5.74, 6) is 0. The van der Waals surface area contributed by atoms with Crippen molar-refractivity contribution >= 4 is 18.5 Å². The highest BCUT2D eigenvalue weighted by Gasteiger charge is 2.26. The summed E-state index contributed by atoms with van der Waals surface area (Å²) < 4.78 is 0. The van der Waals surface area contributed by atoms with E-state index < -0.39 is 0 Å². The number of rotatable bonds is 6. The average Bonchev–Trinajstić information content (AvgIpc) is 2.45. The van der Waals surface area contributed by atoms with Gasteiger partial charge in [0, 0.05) is 10.3 Å². The van der Waals surface area contributed by atoms with Gasteiger partial charge in [-0.1, -0.05) is 52.0 Å². The minimum Gasteiger partial charge on any atom is -0.126 e. The second-order valence-electron chi connectivity index (χ2n) is 5.31. The molecule has 0 nitrogen and oxygen atoms in total. The van der Waals surface area contributed by atoms with Crippen LogP contribution >= 0.6 is 18.5 Å². The largest absolute Gasteiger partial charge is 0.126 e. The van der Waals surface area contributed by atoms with E-state index in [0.717, 1.165) is 0 Å². The van der Waals surface area contributed by atoms with Crippen molar-refractivity contribution in [3.05, 3.63) is 35.4 Å². The van der Waals surface area contributed by atoms with Crippen molar-refractivity contribution in [2.24, 2.45) is 0 Å². The normalized spacial score (nSPS) is 12.8. The molecule has 18 heavy (non-hydrogen) atoms. The maximum absolute atomic E-state index is 3.07. The first-order valence-corrected chi connectivity index (χ1v) is 8.30. The van der Waals surface area contributed by atoms with Crippen LogP contribution in [0.2, 0.25) is 0 Å². The summed E-state index contributed by atoms with van der Waals surface area (Å²) in [6, 6.07) is 9.19. The van der Waals surface area contributed by atoms with Crippen molar-refractivity contribution in [2.45, 2.75) is 63.7 Å². The molecule has 0 aliphatic rings. The van der Waals surface area contributed by atoms with Gasteiger partial charge in [-0.2, -0.15) is 0 Å². The summed E-state index contributed by atoms with van der Waals surface area (Å²) in [6.45, 7) is 9.10. The summed E-state index contributed by atoms with van der Waals surface area (Å²) in [5.41, 5.74) is 2.92. The highest BCUT2D eigenvalue weighted by atomic mass is 31.0. The van der Waals surface area contributed by atoms with Crippen molar-refractivity contribution in [1.29, 1.82) is 0 Å². The highest BCUT2D eigenvalue weighted by Crippen LogP contribution is 2.43. The minimum absolute atomic E-state index is 0.239. The van der Waals surface area contributed by atoms with E-state index >= 15 is 0 Å². The van der Waals surface area contributed by atoms with E-state index in [4.69, 9.17) is 0 Å². The third-order valence-corrected chi connectivity index (χ3v) is 6.84. The van der Waals surface area contributed by atoms with Crippen molar-refractivity contribution in [3.63, 3.8) is 0 Å². The Hall–Kier alpha value is 0.0800. The van der Waals surface area contributed by atoms with Gasteiger partial charge in [0.25, 0.3) is 0 Å². The molecular formula is C16H28P2. The third-order valence-electron chi connectivity index (χ3n) is 4.54. The first-order chi connectivity index (χ1) is 8.45. The molecule has 0 saturated heterocycles. The maximum atomic E-state index is 3.07. The maximum Gasteiger partial charge on any atom is 0.00923 e. The minimum atomic E-state index is 0.239. The van der Waals surface area contributed by atoms with Gasteiger partial charge in [-0.05, 0) is 36.8 Å². The summed E-state index contributed by atoms with van der Waals surface area (Å²) in [7, 11) is 6.14. The van der Waals surface area contributed by atoms with Gasteiger partial charge in [-0.25, -0.2) is 0 Å². The van der Waals surface area contributed by atoms with Crippen LogP contribution in [0.5, 0.6) is 0 Å². The van der Waals surface area contributed by atoms with Crippen LogP contribution in [0.3, 0.4) is 0 Å². The summed E-state index contributed by atoms with van der Waals surface area (Å²) >= 11 is 0. The second-order valence-corrected chi connectivity index (χ2v) is 7.52. The molecule has 1 aromatic carbocycles. The fourth-order valence-corrected chi connectivity index (χ4v) is 2.81. The smallest absolute Gasteiger partial charge is 0.00923 e. The highest BCUT2D eigenvalue weighted by molar-refractivity contribution is 7.18. The molecule has 0 spiro atoms. The summed E-state index contributed by atoms with van der Waals surface area (Å²) in [6.07, 6.45) is 4.67. The zero-order chi connectivity index (χ0) is 13.8. The second kappa shape index (κ2) is 6.49.